The number of carbonyl (C=O) groups is 3. The highest BCUT2D eigenvalue weighted by Gasteiger charge is 2.52. The number of nitrogens with two attached hydrogens (primary N) is 1. The Morgan fingerprint density at radius 3 is 1.70 bits per heavy atom. The van der Waals surface area contributed by atoms with Gasteiger partial charge in [-0.25, -0.2) is 4.79 Å². The maximum atomic E-state index is 11.2. The van der Waals surface area contributed by atoms with E-state index in [0.717, 1.165) is 25.7 Å². The maximum Gasteiger partial charge on any atom is 0.371 e. The Kier molecular flexibility index (Phi) is 16.4. The molecule has 0 saturated carbocycles. The minimum absolute atomic E-state index is 0.0657. The van der Waals surface area contributed by atoms with E-state index in [0.29, 0.717) is 6.42 Å². The Bertz CT molecular complexity index is 492. The number of carboxylic acids is 2. The fourth-order valence-corrected chi connectivity index (χ4v) is 3.36. The number of hydrogen-bond donors (Lipinski definition) is 2. The number of aliphatic carboxylic acids is 2. The van der Waals surface area contributed by atoms with Gasteiger partial charge in [-0.1, -0.05) is 71.6 Å². The van der Waals surface area contributed by atoms with Crippen LogP contribution in [-0.2, 0) is 14.4 Å². The van der Waals surface area contributed by atoms with Crippen molar-refractivity contribution in [2.45, 2.75) is 116 Å². The molecule has 0 saturated heterocycles. The fourth-order valence-electron chi connectivity index (χ4n) is 3.36. The number of amides is 1. The average Bonchev–Trinajstić information content (AvgIpc) is 2.65. The lowest BCUT2D eigenvalue weighted by Crippen LogP contribution is -2.72. The number of primary amides is 1. The van der Waals surface area contributed by atoms with Crippen molar-refractivity contribution < 1.29 is 29.1 Å². The van der Waals surface area contributed by atoms with Crippen molar-refractivity contribution in [3.63, 3.8) is 0 Å². The summed E-state index contributed by atoms with van der Waals surface area (Å²) in [6.07, 6.45) is 13.8. The van der Waals surface area contributed by atoms with E-state index >= 15 is 0 Å². The van der Waals surface area contributed by atoms with E-state index in [9.17, 15) is 19.5 Å². The van der Waals surface area contributed by atoms with Gasteiger partial charge in [0.25, 0.3) is 0 Å². The van der Waals surface area contributed by atoms with E-state index < -0.39 is 17.5 Å². The van der Waals surface area contributed by atoms with E-state index in [1.165, 1.54) is 51.9 Å². The van der Waals surface area contributed by atoms with Gasteiger partial charge in [0.1, 0.15) is 5.97 Å². The second-order valence-corrected chi connectivity index (χ2v) is 8.89. The summed E-state index contributed by atoms with van der Waals surface area (Å²) in [7, 11) is 3.23. The molecule has 0 rings (SSSR count). The van der Waals surface area contributed by atoms with Crippen LogP contribution in [-0.4, -0.2) is 53.1 Å². The highest BCUT2D eigenvalue weighted by atomic mass is 16.4. The van der Waals surface area contributed by atoms with Gasteiger partial charge in [-0.05, 0) is 19.8 Å². The van der Waals surface area contributed by atoms with Crippen molar-refractivity contribution in [2.24, 2.45) is 5.73 Å². The number of hydrogen-bond acceptors (Lipinski definition) is 4. The number of carbonyl (C=O) groups excluding carboxylic acids is 2. The number of quaternary nitrogens is 1. The summed E-state index contributed by atoms with van der Waals surface area (Å²) in [5.74, 6) is -3.07. The summed E-state index contributed by atoms with van der Waals surface area (Å²) >= 11 is 0. The first-order valence-corrected chi connectivity index (χ1v) is 11.5. The van der Waals surface area contributed by atoms with Crippen LogP contribution >= 0.6 is 0 Å². The summed E-state index contributed by atoms with van der Waals surface area (Å²) in [6.45, 7) is 7.28. The minimum Gasteiger partial charge on any atom is -0.543 e. The summed E-state index contributed by atoms with van der Waals surface area (Å²) in [5.41, 5.74) is 3.13. The Balaban J connectivity index is 0. The third-order valence-electron chi connectivity index (χ3n) is 6.30. The van der Waals surface area contributed by atoms with Crippen molar-refractivity contribution in [2.75, 3.05) is 14.1 Å². The normalized spacial score (nSPS) is 14.2. The zero-order valence-corrected chi connectivity index (χ0v) is 20.2. The molecule has 0 aromatic carbocycles. The Hall–Kier alpha value is -1.63. The van der Waals surface area contributed by atoms with Gasteiger partial charge in [-0.15, -0.1) is 0 Å². The highest BCUT2D eigenvalue weighted by molar-refractivity contribution is 6.00. The fraction of sp³-hybridized carbons (Fsp3) is 0.870. The first-order valence-electron chi connectivity index (χ1n) is 11.5. The smallest absolute Gasteiger partial charge is 0.371 e. The molecule has 0 spiro atoms. The number of rotatable bonds is 16. The molecule has 30 heavy (non-hydrogen) atoms. The molecule has 178 valence electrons. The first kappa shape index (κ1) is 30.6. The Morgan fingerprint density at radius 2 is 1.37 bits per heavy atom. The number of nitrogens with zero attached hydrogens (tertiary/aromatic N) is 1. The van der Waals surface area contributed by atoms with Gasteiger partial charge >= 0.3 is 5.97 Å². The van der Waals surface area contributed by atoms with Gasteiger partial charge in [0.2, 0.25) is 11.4 Å². The standard InChI is InChI=1S/C12H25NO.C11H21NO4/c1-2-3-4-5-6-7-8-9-10-11-12(13)14;1-6-7-8(2)12(4,5)11(3,9(13)14)10(15)16/h2-11H2,1H3,(H2,13,14);8H,6-7H2,1-5H3,(H-,13,14,15,16). The quantitative estimate of drug-likeness (QED) is 0.221. The SMILES string of the molecule is CCCC(C)[N+](C)(C)C(C)(C(=O)[O-])C(=O)O.CCCCCCCCCCCC(N)=O. The third kappa shape index (κ3) is 11.0. The van der Waals surface area contributed by atoms with Crippen LogP contribution in [0.4, 0.5) is 0 Å². The molecular weight excluding hydrogens is 384 g/mol. The molecule has 7 heteroatoms. The van der Waals surface area contributed by atoms with Crippen LogP contribution in [0.15, 0.2) is 0 Å². The molecular formula is C23H46N2O5. The largest absolute Gasteiger partial charge is 0.543 e. The lowest BCUT2D eigenvalue weighted by molar-refractivity contribution is -0.944. The molecule has 0 aliphatic heterocycles. The maximum absolute atomic E-state index is 11.2. The molecule has 0 bridgehead atoms. The van der Waals surface area contributed by atoms with Crippen molar-refractivity contribution in [3.05, 3.63) is 0 Å². The van der Waals surface area contributed by atoms with E-state index in [1.807, 2.05) is 13.8 Å². The third-order valence-corrected chi connectivity index (χ3v) is 6.30. The van der Waals surface area contributed by atoms with Crippen molar-refractivity contribution >= 4 is 17.8 Å². The highest BCUT2D eigenvalue weighted by Crippen LogP contribution is 2.26. The molecule has 0 radical (unpaired) electrons. The van der Waals surface area contributed by atoms with Crippen LogP contribution in [0.2, 0.25) is 0 Å². The van der Waals surface area contributed by atoms with E-state index in [2.05, 4.69) is 6.92 Å². The molecule has 0 aliphatic rings. The summed E-state index contributed by atoms with van der Waals surface area (Å²) < 4.78 is -0.126. The minimum atomic E-state index is -1.92. The van der Waals surface area contributed by atoms with Crippen LogP contribution in [0.1, 0.15) is 105 Å². The predicted octanol–water partition coefficient (Wildman–Crippen LogP) is 3.24. The molecule has 7 nitrogen and oxygen atoms in total. The summed E-state index contributed by atoms with van der Waals surface area (Å²) in [5, 5.41) is 20.2. The predicted molar refractivity (Wildman–Crippen MR) is 119 cm³/mol. The number of carboxylic acid groups (broad SMARTS) is 2. The zero-order chi connectivity index (χ0) is 23.8. The molecule has 0 aliphatic carbocycles. The molecule has 0 heterocycles. The topological polar surface area (TPSA) is 121 Å². The van der Waals surface area contributed by atoms with Gasteiger partial charge in [-0.2, -0.15) is 0 Å². The Labute approximate surface area is 183 Å². The second kappa shape index (κ2) is 16.1. The van der Waals surface area contributed by atoms with Crippen LogP contribution in [0.3, 0.4) is 0 Å². The van der Waals surface area contributed by atoms with Crippen molar-refractivity contribution in [1.82, 2.24) is 0 Å². The van der Waals surface area contributed by atoms with Crippen LogP contribution in [0, 0.1) is 0 Å². The van der Waals surface area contributed by atoms with E-state index in [4.69, 9.17) is 10.8 Å². The zero-order valence-electron chi connectivity index (χ0n) is 20.2. The molecule has 2 unspecified atom stereocenters. The molecule has 3 N–H and O–H groups in total. The summed E-state index contributed by atoms with van der Waals surface area (Å²) in [6, 6.07) is -0.0657. The average molecular weight is 431 g/mol. The molecule has 0 fully saturated rings. The number of unbranched alkanes of at least 4 members (excludes halogenated alkanes) is 8. The number of likely N-dealkylation sites (N-methyl/N-ethyl adjacent to an activating group) is 1. The first-order chi connectivity index (χ1) is 13.9. The molecule has 2 atom stereocenters. The summed E-state index contributed by atoms with van der Waals surface area (Å²) in [4.78, 5) is 32.7. The molecule has 1 amide bonds. The van der Waals surface area contributed by atoms with Crippen molar-refractivity contribution in [1.29, 1.82) is 0 Å². The molecule has 0 aromatic heterocycles. The molecule has 0 aromatic rings. The lowest BCUT2D eigenvalue weighted by atomic mass is 9.94. The van der Waals surface area contributed by atoms with Gasteiger partial charge in [-0.3, -0.25) is 4.79 Å². The van der Waals surface area contributed by atoms with Crippen LogP contribution in [0.25, 0.3) is 0 Å². The van der Waals surface area contributed by atoms with Crippen molar-refractivity contribution in [3.8, 4) is 0 Å². The van der Waals surface area contributed by atoms with Gasteiger partial charge < -0.3 is 25.2 Å². The van der Waals surface area contributed by atoms with E-state index in [1.54, 1.807) is 14.1 Å². The monoisotopic (exact) mass is 430 g/mol. The second-order valence-electron chi connectivity index (χ2n) is 8.89. The Morgan fingerprint density at radius 1 is 0.933 bits per heavy atom. The van der Waals surface area contributed by atoms with Crippen LogP contribution in [0.5, 0.6) is 0 Å². The van der Waals surface area contributed by atoms with E-state index in [-0.39, 0.29) is 16.4 Å². The lowest BCUT2D eigenvalue weighted by Gasteiger charge is -2.47. The van der Waals surface area contributed by atoms with Crippen LogP contribution < -0.4 is 10.8 Å². The van der Waals surface area contributed by atoms with Gasteiger partial charge in [0.15, 0.2) is 0 Å². The van der Waals surface area contributed by atoms with Gasteiger partial charge in [0.05, 0.1) is 20.1 Å². The van der Waals surface area contributed by atoms with Gasteiger partial charge in [0, 0.05) is 13.3 Å².